The van der Waals surface area contributed by atoms with Crippen LogP contribution in [0, 0.1) is 0 Å². The Morgan fingerprint density at radius 2 is 2.11 bits per heavy atom. The molecule has 2 N–H and O–H groups in total. The summed E-state index contributed by atoms with van der Waals surface area (Å²) in [5.41, 5.74) is -0.887. The number of carboxylic acids is 1. The Balaban J connectivity index is 2.02. The number of ether oxygens (including phenoxy) is 1. The summed E-state index contributed by atoms with van der Waals surface area (Å²) in [4.78, 5) is 20.3. The van der Waals surface area contributed by atoms with Crippen LogP contribution in [0.2, 0.25) is 0 Å². The predicted octanol–water partition coefficient (Wildman–Crippen LogP) is 0.152. The molecule has 7 nitrogen and oxygen atoms in total. The highest BCUT2D eigenvalue weighted by Crippen LogP contribution is 2.22. The second-order valence-electron chi connectivity index (χ2n) is 4.76. The van der Waals surface area contributed by atoms with Crippen molar-refractivity contribution in [3.8, 4) is 0 Å². The van der Waals surface area contributed by atoms with Crippen LogP contribution in [-0.2, 0) is 4.74 Å². The van der Waals surface area contributed by atoms with Gasteiger partial charge in [0.2, 0.25) is 0 Å². The van der Waals surface area contributed by atoms with Gasteiger partial charge in [0.15, 0.2) is 5.69 Å². The molecule has 0 bridgehead atoms. The fourth-order valence-corrected chi connectivity index (χ4v) is 2.06. The smallest absolute Gasteiger partial charge is 0.356 e. The molecule has 1 aliphatic heterocycles. The lowest BCUT2D eigenvalue weighted by atomic mass is 9.94. The Hall–Kier alpha value is -1.73. The number of aromatic carboxylic acids is 1. The van der Waals surface area contributed by atoms with Gasteiger partial charge in [0.25, 0.3) is 0 Å². The molecular formula is C12H17N3O4. The average molecular weight is 267 g/mol. The van der Waals surface area contributed by atoms with Crippen LogP contribution in [0.15, 0.2) is 12.4 Å². The number of carbonyl (C=O) groups is 1. The van der Waals surface area contributed by atoms with Crippen LogP contribution >= 0.6 is 0 Å². The second-order valence-corrected chi connectivity index (χ2v) is 4.76. The third kappa shape index (κ3) is 3.39. The molecule has 7 heteroatoms. The van der Waals surface area contributed by atoms with E-state index in [0.29, 0.717) is 38.4 Å². The van der Waals surface area contributed by atoms with Gasteiger partial charge in [-0.25, -0.2) is 14.8 Å². The molecule has 19 heavy (non-hydrogen) atoms. The maximum atomic E-state index is 10.7. The zero-order valence-electron chi connectivity index (χ0n) is 10.7. The van der Waals surface area contributed by atoms with Gasteiger partial charge in [-0.15, -0.1) is 0 Å². The molecule has 1 aliphatic rings. The van der Waals surface area contributed by atoms with Gasteiger partial charge in [-0.1, -0.05) is 0 Å². The van der Waals surface area contributed by atoms with E-state index in [1.165, 1.54) is 12.4 Å². The minimum atomic E-state index is -1.11. The lowest BCUT2D eigenvalue weighted by molar-refractivity contribution is -0.0573. The van der Waals surface area contributed by atoms with Crippen LogP contribution in [-0.4, -0.2) is 58.6 Å². The molecule has 0 aromatic carbocycles. The highest BCUT2D eigenvalue weighted by atomic mass is 16.5. The number of nitrogens with zero attached hydrogens (tertiary/aromatic N) is 3. The minimum Gasteiger partial charge on any atom is -0.476 e. The molecule has 0 saturated carbocycles. The van der Waals surface area contributed by atoms with E-state index < -0.39 is 11.6 Å². The number of anilines is 1. The topological polar surface area (TPSA) is 95.8 Å². The molecule has 0 atom stereocenters. The molecule has 1 saturated heterocycles. The van der Waals surface area contributed by atoms with Crippen LogP contribution in [0.3, 0.4) is 0 Å². The van der Waals surface area contributed by atoms with Crippen molar-refractivity contribution < 1.29 is 19.7 Å². The normalized spacial score (nSPS) is 18.0. The van der Waals surface area contributed by atoms with Gasteiger partial charge in [-0.3, -0.25) is 0 Å². The van der Waals surface area contributed by atoms with Crippen LogP contribution in [0.4, 0.5) is 5.82 Å². The van der Waals surface area contributed by atoms with Crippen molar-refractivity contribution in [2.45, 2.75) is 18.4 Å². The Morgan fingerprint density at radius 3 is 2.63 bits per heavy atom. The van der Waals surface area contributed by atoms with Gasteiger partial charge in [0.05, 0.1) is 18.0 Å². The molecule has 0 unspecified atom stereocenters. The first-order valence-corrected chi connectivity index (χ1v) is 6.07. The quantitative estimate of drug-likeness (QED) is 0.801. The third-order valence-electron chi connectivity index (χ3n) is 3.20. The molecule has 1 aromatic rings. The highest BCUT2D eigenvalue weighted by Gasteiger charge is 2.31. The van der Waals surface area contributed by atoms with Crippen molar-refractivity contribution in [3.63, 3.8) is 0 Å². The molecule has 2 heterocycles. The van der Waals surface area contributed by atoms with Crippen molar-refractivity contribution >= 4 is 11.8 Å². The summed E-state index contributed by atoms with van der Waals surface area (Å²) < 4.78 is 5.22. The first kappa shape index (κ1) is 13.7. The van der Waals surface area contributed by atoms with Crippen molar-refractivity contribution in [1.82, 2.24) is 9.97 Å². The number of hydrogen-bond donors (Lipinski definition) is 2. The van der Waals surface area contributed by atoms with Gasteiger partial charge in [-0.2, -0.15) is 0 Å². The van der Waals surface area contributed by atoms with E-state index in [-0.39, 0.29) is 5.69 Å². The number of aliphatic hydroxyl groups is 1. The summed E-state index contributed by atoms with van der Waals surface area (Å²) in [6, 6.07) is 0. The summed E-state index contributed by atoms with van der Waals surface area (Å²) in [5.74, 6) is -0.574. The largest absolute Gasteiger partial charge is 0.476 e. The molecule has 2 rings (SSSR count). The zero-order chi connectivity index (χ0) is 13.9. The lowest BCUT2D eigenvalue weighted by Gasteiger charge is -2.35. The van der Waals surface area contributed by atoms with Crippen LogP contribution < -0.4 is 4.90 Å². The maximum absolute atomic E-state index is 10.7. The molecule has 0 amide bonds. The zero-order valence-corrected chi connectivity index (χ0v) is 10.7. The van der Waals surface area contributed by atoms with Gasteiger partial charge in [-0.05, 0) is 0 Å². The van der Waals surface area contributed by atoms with Gasteiger partial charge in [0.1, 0.15) is 5.82 Å². The standard InChI is InChI=1S/C12H17N3O4/c1-15(8-12(18)2-4-19-5-3-12)10-7-13-9(6-14-10)11(16)17/h6-7,18H,2-5,8H2,1H3,(H,16,17). The van der Waals surface area contributed by atoms with Crippen LogP contribution in [0.25, 0.3) is 0 Å². The third-order valence-corrected chi connectivity index (χ3v) is 3.20. The summed E-state index contributed by atoms with van der Waals surface area (Å²) >= 11 is 0. The van der Waals surface area contributed by atoms with Crippen molar-refractivity contribution in [2.24, 2.45) is 0 Å². The molecular weight excluding hydrogens is 250 g/mol. The molecule has 104 valence electrons. The van der Waals surface area contributed by atoms with Crippen LogP contribution in [0.5, 0.6) is 0 Å². The van der Waals surface area contributed by atoms with E-state index in [1.807, 2.05) is 0 Å². The van der Waals surface area contributed by atoms with Gasteiger partial charge < -0.3 is 19.8 Å². The Morgan fingerprint density at radius 1 is 1.42 bits per heavy atom. The summed E-state index contributed by atoms with van der Waals surface area (Å²) in [6.45, 7) is 1.51. The first-order chi connectivity index (χ1) is 9.00. The Bertz CT molecular complexity index is 443. The van der Waals surface area contributed by atoms with Crippen LogP contribution in [0.1, 0.15) is 23.3 Å². The van der Waals surface area contributed by atoms with Crippen molar-refractivity contribution in [3.05, 3.63) is 18.1 Å². The van der Waals surface area contributed by atoms with E-state index in [1.54, 1.807) is 11.9 Å². The van der Waals surface area contributed by atoms with E-state index in [9.17, 15) is 9.90 Å². The Labute approximate surface area is 110 Å². The van der Waals surface area contributed by atoms with Crippen molar-refractivity contribution in [2.75, 3.05) is 31.7 Å². The summed E-state index contributed by atoms with van der Waals surface area (Å²) in [6.07, 6.45) is 3.77. The number of likely N-dealkylation sites (N-methyl/N-ethyl adjacent to an activating group) is 1. The van der Waals surface area contributed by atoms with Crippen molar-refractivity contribution in [1.29, 1.82) is 0 Å². The molecule has 0 spiro atoms. The maximum Gasteiger partial charge on any atom is 0.356 e. The van der Waals surface area contributed by atoms with E-state index in [4.69, 9.17) is 9.84 Å². The van der Waals surface area contributed by atoms with Gasteiger partial charge in [0, 0.05) is 39.6 Å². The SMILES string of the molecule is CN(CC1(O)CCOCC1)c1cnc(C(=O)O)cn1. The molecule has 1 aromatic heterocycles. The fourth-order valence-electron chi connectivity index (χ4n) is 2.06. The van der Waals surface area contributed by atoms with E-state index in [0.717, 1.165) is 0 Å². The predicted molar refractivity (Wildman–Crippen MR) is 67.3 cm³/mol. The fraction of sp³-hybridized carbons (Fsp3) is 0.583. The molecule has 0 aliphatic carbocycles. The van der Waals surface area contributed by atoms with E-state index in [2.05, 4.69) is 9.97 Å². The number of rotatable bonds is 4. The number of hydrogen-bond acceptors (Lipinski definition) is 6. The Kier molecular flexibility index (Phi) is 3.96. The summed E-state index contributed by atoms with van der Waals surface area (Å²) in [7, 11) is 1.79. The summed E-state index contributed by atoms with van der Waals surface area (Å²) in [5, 5.41) is 19.1. The first-order valence-electron chi connectivity index (χ1n) is 6.07. The molecule has 1 fully saturated rings. The highest BCUT2D eigenvalue weighted by molar-refractivity contribution is 5.84. The van der Waals surface area contributed by atoms with Gasteiger partial charge >= 0.3 is 5.97 Å². The minimum absolute atomic E-state index is 0.0954. The lowest BCUT2D eigenvalue weighted by Crippen LogP contribution is -2.46. The number of carboxylic acid groups (broad SMARTS) is 1. The van der Waals surface area contributed by atoms with E-state index >= 15 is 0 Å². The monoisotopic (exact) mass is 267 g/mol. The molecule has 0 radical (unpaired) electrons. The second kappa shape index (κ2) is 5.50. The number of aromatic nitrogens is 2. The average Bonchev–Trinajstić information content (AvgIpc) is 2.39.